The molecule has 192 valence electrons. The number of hydrogen-bond donors (Lipinski definition) is 2. The molecule has 5 rings (SSSR count). The summed E-state index contributed by atoms with van der Waals surface area (Å²) in [6.07, 6.45) is -4.66. The van der Waals surface area contributed by atoms with E-state index in [1.165, 1.54) is 6.07 Å². The van der Waals surface area contributed by atoms with Gasteiger partial charge in [0.25, 0.3) is 0 Å². The van der Waals surface area contributed by atoms with Gasteiger partial charge in [0.05, 0.1) is 17.2 Å². The van der Waals surface area contributed by atoms with E-state index < -0.39 is 11.7 Å². The molecular weight excluding hydrogens is 493 g/mol. The molecule has 0 radical (unpaired) electrons. The number of fused-ring (bicyclic) bond motifs is 1. The van der Waals surface area contributed by atoms with Gasteiger partial charge in [-0.05, 0) is 36.8 Å². The van der Waals surface area contributed by atoms with Gasteiger partial charge in [-0.1, -0.05) is 36.4 Å². The van der Waals surface area contributed by atoms with E-state index in [1.54, 1.807) is 60.4 Å². The first-order valence-corrected chi connectivity index (χ1v) is 12.0. The molecule has 0 unspecified atom stereocenters. The SMILES string of the molecule is Cc1c(NC(=O)N2CCNCC2)ccc(C(F)(F)F)c1-c1nnc(-c2ccc(C#N)cc2)c2ccccc12. The van der Waals surface area contributed by atoms with Crippen LogP contribution in [0.25, 0.3) is 33.3 Å². The van der Waals surface area contributed by atoms with Crippen LogP contribution in [0, 0.1) is 18.3 Å². The van der Waals surface area contributed by atoms with Crippen LogP contribution in [0.3, 0.4) is 0 Å². The number of piperazine rings is 1. The van der Waals surface area contributed by atoms with Crippen molar-refractivity contribution in [1.29, 1.82) is 5.26 Å². The van der Waals surface area contributed by atoms with Crippen molar-refractivity contribution in [2.75, 3.05) is 31.5 Å². The van der Waals surface area contributed by atoms with Crippen molar-refractivity contribution in [2.45, 2.75) is 13.1 Å². The second kappa shape index (κ2) is 10.1. The minimum Gasteiger partial charge on any atom is -0.322 e. The highest BCUT2D eigenvalue weighted by atomic mass is 19.4. The topological polar surface area (TPSA) is 93.9 Å². The molecule has 7 nitrogen and oxygen atoms in total. The number of rotatable bonds is 3. The summed E-state index contributed by atoms with van der Waals surface area (Å²) in [5.41, 5.74) is 1.25. The Morgan fingerprint density at radius 3 is 2.24 bits per heavy atom. The summed E-state index contributed by atoms with van der Waals surface area (Å²) in [5.74, 6) is 0. The lowest BCUT2D eigenvalue weighted by atomic mass is 9.93. The number of aromatic nitrogens is 2. The number of benzene rings is 3. The number of hydrogen-bond acceptors (Lipinski definition) is 5. The van der Waals surface area contributed by atoms with Crippen molar-refractivity contribution in [3.8, 4) is 28.6 Å². The van der Waals surface area contributed by atoms with Crippen LogP contribution in [0.15, 0.2) is 60.7 Å². The zero-order chi connectivity index (χ0) is 26.9. The van der Waals surface area contributed by atoms with Gasteiger partial charge in [0.2, 0.25) is 0 Å². The van der Waals surface area contributed by atoms with Gasteiger partial charge in [-0.25, -0.2) is 4.79 Å². The maximum atomic E-state index is 14.2. The summed E-state index contributed by atoms with van der Waals surface area (Å²) in [5, 5.41) is 24.8. The highest BCUT2D eigenvalue weighted by Crippen LogP contribution is 2.43. The number of amides is 2. The normalized spacial score (nSPS) is 13.8. The molecule has 4 aromatic rings. The van der Waals surface area contributed by atoms with Crippen molar-refractivity contribution in [1.82, 2.24) is 20.4 Å². The largest absolute Gasteiger partial charge is 0.417 e. The van der Waals surface area contributed by atoms with E-state index in [2.05, 4.69) is 26.9 Å². The lowest BCUT2D eigenvalue weighted by Crippen LogP contribution is -2.48. The molecule has 2 amide bonds. The Balaban J connectivity index is 1.66. The Bertz CT molecular complexity index is 1550. The van der Waals surface area contributed by atoms with Crippen molar-refractivity contribution in [3.63, 3.8) is 0 Å². The highest BCUT2D eigenvalue weighted by Gasteiger charge is 2.36. The Kier molecular flexibility index (Phi) is 6.70. The van der Waals surface area contributed by atoms with E-state index in [-0.39, 0.29) is 28.5 Å². The van der Waals surface area contributed by atoms with E-state index in [1.807, 2.05) is 0 Å². The molecule has 3 aromatic carbocycles. The van der Waals surface area contributed by atoms with Gasteiger partial charge in [-0.3, -0.25) is 0 Å². The van der Waals surface area contributed by atoms with Crippen molar-refractivity contribution in [3.05, 3.63) is 77.4 Å². The lowest BCUT2D eigenvalue weighted by Gasteiger charge is -2.28. The third-order valence-corrected chi connectivity index (χ3v) is 6.63. The Morgan fingerprint density at radius 1 is 0.974 bits per heavy atom. The summed E-state index contributed by atoms with van der Waals surface area (Å²) in [4.78, 5) is 14.4. The smallest absolute Gasteiger partial charge is 0.322 e. The molecule has 38 heavy (non-hydrogen) atoms. The molecular formula is C28H23F3N6O. The summed E-state index contributed by atoms with van der Waals surface area (Å²) < 4.78 is 42.7. The molecule has 1 saturated heterocycles. The summed E-state index contributed by atoms with van der Waals surface area (Å²) in [7, 11) is 0. The third kappa shape index (κ3) is 4.76. The van der Waals surface area contributed by atoms with E-state index in [4.69, 9.17) is 5.26 Å². The van der Waals surface area contributed by atoms with Gasteiger partial charge in [0.15, 0.2) is 0 Å². The Hall–Kier alpha value is -4.49. The number of nitrogens with one attached hydrogen (secondary N) is 2. The van der Waals surface area contributed by atoms with Gasteiger partial charge in [-0.2, -0.15) is 18.4 Å². The fourth-order valence-electron chi connectivity index (χ4n) is 4.66. The molecule has 0 atom stereocenters. The number of nitriles is 1. The summed E-state index contributed by atoms with van der Waals surface area (Å²) >= 11 is 0. The molecule has 0 bridgehead atoms. The van der Waals surface area contributed by atoms with Crippen molar-refractivity contribution >= 4 is 22.5 Å². The number of carbonyl (C=O) groups excluding carboxylic acids is 1. The molecule has 1 fully saturated rings. The first kappa shape index (κ1) is 25.2. The fraction of sp³-hybridized carbons (Fsp3) is 0.214. The van der Waals surface area contributed by atoms with Gasteiger partial charge >= 0.3 is 12.2 Å². The zero-order valence-corrected chi connectivity index (χ0v) is 20.4. The first-order chi connectivity index (χ1) is 18.3. The van der Waals surface area contributed by atoms with E-state index in [9.17, 15) is 18.0 Å². The maximum Gasteiger partial charge on any atom is 0.417 e. The predicted octanol–water partition coefficient (Wildman–Crippen LogP) is 5.60. The Morgan fingerprint density at radius 2 is 1.61 bits per heavy atom. The van der Waals surface area contributed by atoms with Crippen LogP contribution in [-0.2, 0) is 6.18 Å². The van der Waals surface area contributed by atoms with Crippen LogP contribution in [0.5, 0.6) is 0 Å². The van der Waals surface area contributed by atoms with Gasteiger partial charge in [0.1, 0.15) is 11.4 Å². The second-order valence-electron chi connectivity index (χ2n) is 8.96. The minimum absolute atomic E-state index is 0.0705. The molecule has 0 saturated carbocycles. The van der Waals surface area contributed by atoms with Crippen molar-refractivity contribution < 1.29 is 18.0 Å². The van der Waals surface area contributed by atoms with E-state index in [0.717, 1.165) is 6.07 Å². The zero-order valence-electron chi connectivity index (χ0n) is 20.4. The summed E-state index contributed by atoms with van der Waals surface area (Å²) in [6.45, 7) is 3.86. The quantitative estimate of drug-likeness (QED) is 0.370. The first-order valence-electron chi connectivity index (χ1n) is 12.0. The molecule has 10 heteroatoms. The van der Waals surface area contributed by atoms with Crippen molar-refractivity contribution in [2.24, 2.45) is 0 Å². The van der Waals surface area contributed by atoms with Crippen LogP contribution in [-0.4, -0.2) is 47.3 Å². The molecule has 2 N–H and O–H groups in total. The number of nitrogens with zero attached hydrogens (tertiary/aromatic N) is 4. The lowest BCUT2D eigenvalue weighted by molar-refractivity contribution is -0.137. The standard InChI is InChI=1S/C28H23F3N6O/c1-17-23(34-27(38)37-14-12-33-13-15-37)11-10-22(28(29,30)31)24(17)26-21-5-3-2-4-20(21)25(35-36-26)19-8-6-18(16-32)7-9-19/h2-11,33H,12-15H2,1H3,(H,34,38). The highest BCUT2D eigenvalue weighted by molar-refractivity contribution is 6.03. The monoisotopic (exact) mass is 516 g/mol. The Labute approximate surface area is 216 Å². The fourth-order valence-corrected chi connectivity index (χ4v) is 4.66. The predicted molar refractivity (Wildman–Crippen MR) is 138 cm³/mol. The number of halogens is 3. The number of anilines is 1. The molecule has 2 heterocycles. The van der Waals surface area contributed by atoms with Gasteiger partial charge in [-0.15, -0.1) is 10.2 Å². The molecule has 0 spiro atoms. The van der Waals surface area contributed by atoms with Gasteiger partial charge < -0.3 is 15.5 Å². The average Bonchev–Trinajstić information content (AvgIpc) is 2.93. The molecule has 1 aliphatic heterocycles. The maximum absolute atomic E-state index is 14.2. The third-order valence-electron chi connectivity index (χ3n) is 6.63. The number of carbonyl (C=O) groups is 1. The number of alkyl halides is 3. The van der Waals surface area contributed by atoms with Crippen LogP contribution >= 0.6 is 0 Å². The average molecular weight is 517 g/mol. The summed E-state index contributed by atoms with van der Waals surface area (Å²) in [6, 6.07) is 17.7. The van der Waals surface area contributed by atoms with Crippen LogP contribution in [0.1, 0.15) is 16.7 Å². The minimum atomic E-state index is -4.66. The van der Waals surface area contributed by atoms with E-state index in [0.29, 0.717) is 53.8 Å². The number of urea groups is 1. The van der Waals surface area contributed by atoms with Crippen LogP contribution in [0.2, 0.25) is 0 Å². The molecule has 0 aliphatic carbocycles. The molecule has 1 aliphatic rings. The van der Waals surface area contributed by atoms with Crippen LogP contribution in [0.4, 0.5) is 23.7 Å². The second-order valence-corrected chi connectivity index (χ2v) is 8.96. The van der Waals surface area contributed by atoms with E-state index >= 15 is 0 Å². The van der Waals surface area contributed by atoms with Gasteiger partial charge in [0, 0.05) is 53.8 Å². The molecule has 1 aromatic heterocycles. The van der Waals surface area contributed by atoms with Crippen LogP contribution < -0.4 is 10.6 Å².